The number of carbonyl (C=O) groups is 1. The predicted molar refractivity (Wildman–Crippen MR) is 105 cm³/mol. The van der Waals surface area contributed by atoms with Gasteiger partial charge in [0.2, 0.25) is 5.43 Å². The molecular weight excluding hydrogens is 342 g/mol. The van der Waals surface area contributed by atoms with Gasteiger partial charge in [0.1, 0.15) is 5.56 Å². The molecule has 4 rings (SSSR count). The molecule has 2 saturated heterocycles. The number of nitrogens with one attached hydrogen (secondary N) is 1. The Labute approximate surface area is 159 Å². The minimum atomic E-state index is -0.173. The number of piperidine rings is 1. The van der Waals surface area contributed by atoms with Gasteiger partial charge in [0.05, 0.1) is 13.2 Å². The lowest BCUT2D eigenvalue weighted by Gasteiger charge is -2.36. The number of likely N-dealkylation sites (tertiary alicyclic amines) is 1. The molecule has 2 aromatic rings. The van der Waals surface area contributed by atoms with Crippen LogP contribution in [0.4, 0.5) is 0 Å². The van der Waals surface area contributed by atoms with Crippen molar-refractivity contribution in [2.24, 2.45) is 5.92 Å². The second kappa shape index (κ2) is 7.82. The number of fused-ring (bicyclic) bond motifs is 1. The maximum absolute atomic E-state index is 13.1. The van der Waals surface area contributed by atoms with E-state index in [0.717, 1.165) is 69.9 Å². The first-order valence-electron chi connectivity index (χ1n) is 9.83. The van der Waals surface area contributed by atoms with E-state index in [9.17, 15) is 9.59 Å². The summed E-state index contributed by atoms with van der Waals surface area (Å²) in [6, 6.07) is 5.70. The van der Waals surface area contributed by atoms with Crippen molar-refractivity contribution in [3.05, 3.63) is 45.7 Å². The van der Waals surface area contributed by atoms with Crippen LogP contribution >= 0.6 is 0 Å². The maximum Gasteiger partial charge on any atom is 0.259 e. The maximum atomic E-state index is 13.1. The van der Waals surface area contributed by atoms with Crippen molar-refractivity contribution < 1.29 is 9.53 Å². The van der Waals surface area contributed by atoms with Crippen molar-refractivity contribution in [1.82, 2.24) is 14.8 Å². The molecule has 1 N–H and O–H groups in total. The molecule has 2 fully saturated rings. The number of pyridine rings is 1. The molecule has 0 aliphatic carbocycles. The molecule has 1 atom stereocenters. The largest absolute Gasteiger partial charge is 0.379 e. The number of ether oxygens (including phenoxy) is 1. The van der Waals surface area contributed by atoms with E-state index in [1.807, 2.05) is 30.0 Å². The summed E-state index contributed by atoms with van der Waals surface area (Å²) in [6.07, 6.45) is 3.70. The zero-order valence-electron chi connectivity index (χ0n) is 15.9. The van der Waals surface area contributed by atoms with Crippen LogP contribution in [0.2, 0.25) is 0 Å². The van der Waals surface area contributed by atoms with Crippen LogP contribution in [0.1, 0.15) is 28.8 Å². The Balaban J connectivity index is 1.51. The van der Waals surface area contributed by atoms with E-state index in [1.54, 1.807) is 6.20 Å². The molecule has 0 bridgehead atoms. The molecule has 0 radical (unpaired) electrons. The van der Waals surface area contributed by atoms with Crippen LogP contribution in [0.25, 0.3) is 10.9 Å². The molecule has 0 spiro atoms. The van der Waals surface area contributed by atoms with Crippen molar-refractivity contribution in [3.8, 4) is 0 Å². The van der Waals surface area contributed by atoms with E-state index < -0.39 is 0 Å². The van der Waals surface area contributed by atoms with Crippen LogP contribution in [-0.2, 0) is 4.74 Å². The third-order valence-electron chi connectivity index (χ3n) is 5.69. The molecule has 3 heterocycles. The number of aryl methyl sites for hydroxylation is 1. The number of amides is 1. The van der Waals surface area contributed by atoms with Crippen molar-refractivity contribution in [2.45, 2.75) is 19.8 Å². The summed E-state index contributed by atoms with van der Waals surface area (Å²) in [6.45, 7) is 7.92. The van der Waals surface area contributed by atoms with Crippen LogP contribution in [0, 0.1) is 12.8 Å². The Morgan fingerprint density at radius 2 is 2.07 bits per heavy atom. The van der Waals surface area contributed by atoms with Crippen LogP contribution < -0.4 is 5.43 Å². The van der Waals surface area contributed by atoms with E-state index in [0.29, 0.717) is 11.3 Å². The Bertz CT molecular complexity index is 886. The number of hydrogen-bond donors (Lipinski definition) is 1. The second-order valence-corrected chi connectivity index (χ2v) is 7.75. The number of H-pyrrole nitrogens is 1. The van der Waals surface area contributed by atoms with Gasteiger partial charge in [0.15, 0.2) is 0 Å². The first kappa shape index (κ1) is 18.2. The highest BCUT2D eigenvalue weighted by Gasteiger charge is 2.28. The van der Waals surface area contributed by atoms with Crippen molar-refractivity contribution >= 4 is 16.8 Å². The van der Waals surface area contributed by atoms with Gasteiger partial charge in [-0.15, -0.1) is 0 Å². The number of hydrogen-bond acceptors (Lipinski definition) is 4. The van der Waals surface area contributed by atoms with Gasteiger partial charge in [-0.05, 0) is 37.8 Å². The third-order valence-corrected chi connectivity index (χ3v) is 5.69. The number of nitrogens with zero attached hydrogens (tertiary/aromatic N) is 2. The zero-order valence-corrected chi connectivity index (χ0v) is 15.9. The lowest BCUT2D eigenvalue weighted by molar-refractivity contribution is 0.0223. The fraction of sp³-hybridized carbons (Fsp3) is 0.524. The fourth-order valence-corrected chi connectivity index (χ4v) is 4.21. The Kier molecular flexibility index (Phi) is 5.27. The number of benzene rings is 1. The number of rotatable bonds is 3. The van der Waals surface area contributed by atoms with Gasteiger partial charge >= 0.3 is 0 Å². The van der Waals surface area contributed by atoms with Gasteiger partial charge in [-0.3, -0.25) is 14.5 Å². The molecule has 144 valence electrons. The van der Waals surface area contributed by atoms with E-state index in [4.69, 9.17) is 4.74 Å². The van der Waals surface area contributed by atoms with Gasteiger partial charge in [-0.2, -0.15) is 0 Å². The van der Waals surface area contributed by atoms with Crippen molar-refractivity contribution in [2.75, 3.05) is 45.9 Å². The first-order valence-corrected chi connectivity index (χ1v) is 9.83. The van der Waals surface area contributed by atoms with Gasteiger partial charge in [0.25, 0.3) is 5.91 Å². The highest BCUT2D eigenvalue weighted by atomic mass is 16.5. The fourth-order valence-electron chi connectivity index (χ4n) is 4.21. The average molecular weight is 369 g/mol. The monoisotopic (exact) mass is 369 g/mol. The molecule has 6 heteroatoms. The standard InChI is InChI=1S/C21H27N3O3/c1-15-4-5-19-17(11-15)20(25)18(12-22-19)21(26)24-6-2-3-16(14-24)13-23-7-9-27-10-8-23/h4-5,11-12,16H,2-3,6-10,13-14H2,1H3,(H,22,25)/t16-/m0/s1. The summed E-state index contributed by atoms with van der Waals surface area (Å²) >= 11 is 0. The molecule has 0 unspecified atom stereocenters. The van der Waals surface area contributed by atoms with Crippen LogP contribution in [-0.4, -0.2) is 66.6 Å². The van der Waals surface area contributed by atoms with Gasteiger partial charge in [0, 0.05) is 49.8 Å². The Morgan fingerprint density at radius 1 is 1.26 bits per heavy atom. The summed E-state index contributed by atoms with van der Waals surface area (Å²) < 4.78 is 5.42. The van der Waals surface area contributed by atoms with E-state index >= 15 is 0 Å². The molecule has 1 aromatic heterocycles. The summed E-state index contributed by atoms with van der Waals surface area (Å²) in [7, 11) is 0. The van der Waals surface area contributed by atoms with Crippen LogP contribution in [0.3, 0.4) is 0 Å². The zero-order chi connectivity index (χ0) is 18.8. The van der Waals surface area contributed by atoms with E-state index in [2.05, 4.69) is 9.88 Å². The minimum Gasteiger partial charge on any atom is -0.379 e. The normalized spacial score (nSPS) is 21.5. The van der Waals surface area contributed by atoms with E-state index in [1.165, 1.54) is 0 Å². The lowest BCUT2D eigenvalue weighted by Crippen LogP contribution is -2.46. The number of morpholine rings is 1. The smallest absolute Gasteiger partial charge is 0.259 e. The lowest BCUT2D eigenvalue weighted by atomic mass is 9.96. The van der Waals surface area contributed by atoms with Crippen LogP contribution in [0.15, 0.2) is 29.2 Å². The topological polar surface area (TPSA) is 65.6 Å². The number of carbonyl (C=O) groups excluding carboxylic acids is 1. The molecule has 1 aromatic carbocycles. The molecule has 27 heavy (non-hydrogen) atoms. The summed E-state index contributed by atoms with van der Waals surface area (Å²) in [4.78, 5) is 33.3. The summed E-state index contributed by atoms with van der Waals surface area (Å²) in [5.41, 5.74) is 1.86. The molecule has 6 nitrogen and oxygen atoms in total. The molecular formula is C21H27N3O3. The summed E-state index contributed by atoms with van der Waals surface area (Å²) in [5, 5.41) is 0.586. The number of aromatic amines is 1. The Morgan fingerprint density at radius 3 is 2.89 bits per heavy atom. The predicted octanol–water partition coefficient (Wildman–Crippen LogP) is 2.02. The number of aromatic nitrogens is 1. The Hall–Kier alpha value is -2.18. The van der Waals surface area contributed by atoms with Gasteiger partial charge < -0.3 is 14.6 Å². The third kappa shape index (κ3) is 3.92. The van der Waals surface area contributed by atoms with Crippen molar-refractivity contribution in [1.29, 1.82) is 0 Å². The average Bonchev–Trinajstić information content (AvgIpc) is 2.69. The van der Waals surface area contributed by atoms with E-state index in [-0.39, 0.29) is 16.9 Å². The van der Waals surface area contributed by atoms with Gasteiger partial charge in [-0.25, -0.2) is 0 Å². The second-order valence-electron chi connectivity index (χ2n) is 7.75. The minimum absolute atomic E-state index is 0.147. The highest BCUT2D eigenvalue weighted by molar-refractivity contribution is 5.97. The van der Waals surface area contributed by atoms with Crippen molar-refractivity contribution in [3.63, 3.8) is 0 Å². The highest BCUT2D eigenvalue weighted by Crippen LogP contribution is 2.20. The molecule has 0 saturated carbocycles. The molecule has 2 aliphatic rings. The first-order chi connectivity index (χ1) is 13.1. The van der Waals surface area contributed by atoms with Crippen LogP contribution in [0.5, 0.6) is 0 Å². The summed E-state index contributed by atoms with van der Waals surface area (Å²) in [5.74, 6) is 0.314. The quantitative estimate of drug-likeness (QED) is 0.899. The molecule has 1 amide bonds. The van der Waals surface area contributed by atoms with Gasteiger partial charge in [-0.1, -0.05) is 11.6 Å². The SMILES string of the molecule is Cc1ccc2[nH]cc(C(=O)N3CCC[C@@H](CN4CCOCC4)C3)c(=O)c2c1. The molecule has 2 aliphatic heterocycles.